The van der Waals surface area contributed by atoms with E-state index in [2.05, 4.69) is 10.3 Å². The lowest BCUT2D eigenvalue weighted by Gasteiger charge is -2.37. The van der Waals surface area contributed by atoms with Crippen molar-refractivity contribution >= 4 is 29.9 Å². The molecule has 1 unspecified atom stereocenters. The van der Waals surface area contributed by atoms with Crippen molar-refractivity contribution in [3.05, 3.63) is 67.6 Å². The molecule has 1 amide bonds. The number of H-pyrrole nitrogens is 1. The van der Waals surface area contributed by atoms with Gasteiger partial charge in [-0.2, -0.15) is 5.26 Å². The first-order valence-corrected chi connectivity index (χ1v) is 9.69. The Morgan fingerprint density at radius 3 is 2.76 bits per heavy atom. The van der Waals surface area contributed by atoms with Crippen molar-refractivity contribution in [2.75, 3.05) is 19.6 Å². The molecule has 6 nitrogen and oxygen atoms in total. The Hall–Kier alpha value is -2.33. The summed E-state index contributed by atoms with van der Waals surface area (Å²) >= 11 is 6.36. The Morgan fingerprint density at radius 2 is 2.07 bits per heavy atom. The molecular weight excluding hydrogens is 411 g/mol. The van der Waals surface area contributed by atoms with Crippen molar-refractivity contribution in [1.29, 1.82) is 5.26 Å². The number of aromatic amines is 1. The van der Waals surface area contributed by atoms with E-state index in [0.717, 1.165) is 17.7 Å². The molecule has 1 aromatic heterocycles. The molecule has 0 radical (unpaired) electrons. The molecular formula is C21H24Cl2N4O2. The highest BCUT2D eigenvalue weighted by molar-refractivity contribution is 6.31. The van der Waals surface area contributed by atoms with Crippen LogP contribution in [0.25, 0.3) is 0 Å². The fourth-order valence-corrected chi connectivity index (χ4v) is 4.08. The molecule has 2 heterocycles. The summed E-state index contributed by atoms with van der Waals surface area (Å²) in [7, 11) is 0. The number of amides is 1. The summed E-state index contributed by atoms with van der Waals surface area (Å²) in [6.45, 7) is 5.57. The van der Waals surface area contributed by atoms with Gasteiger partial charge in [-0.15, -0.1) is 12.4 Å². The van der Waals surface area contributed by atoms with Crippen molar-refractivity contribution in [2.24, 2.45) is 0 Å². The topological polar surface area (TPSA) is 89.0 Å². The summed E-state index contributed by atoms with van der Waals surface area (Å²) < 4.78 is 0. The summed E-state index contributed by atoms with van der Waals surface area (Å²) in [6.07, 6.45) is 0.778. The first-order valence-electron chi connectivity index (χ1n) is 9.31. The van der Waals surface area contributed by atoms with Gasteiger partial charge >= 0.3 is 0 Å². The lowest BCUT2D eigenvalue weighted by atomic mass is 9.98. The van der Waals surface area contributed by atoms with Gasteiger partial charge in [0.05, 0.1) is 6.04 Å². The second-order valence-corrected chi connectivity index (χ2v) is 7.41. The molecule has 2 N–H and O–H groups in total. The number of piperazine rings is 1. The number of rotatable bonds is 4. The van der Waals surface area contributed by atoms with Crippen LogP contribution in [-0.2, 0) is 11.2 Å². The van der Waals surface area contributed by atoms with Crippen LogP contribution in [0, 0.1) is 25.2 Å². The van der Waals surface area contributed by atoms with Gasteiger partial charge < -0.3 is 15.2 Å². The van der Waals surface area contributed by atoms with Crippen molar-refractivity contribution in [1.82, 2.24) is 15.2 Å². The fourth-order valence-electron chi connectivity index (χ4n) is 3.82. The number of carbonyl (C=O) groups excluding carboxylic acids is 1. The highest BCUT2D eigenvalue weighted by Gasteiger charge is 2.29. The number of halogens is 2. The monoisotopic (exact) mass is 434 g/mol. The van der Waals surface area contributed by atoms with E-state index in [9.17, 15) is 14.9 Å². The van der Waals surface area contributed by atoms with Gasteiger partial charge in [0.1, 0.15) is 11.6 Å². The SMILES string of the molecule is Cc1[nH]c(=O)c(C#N)c(C)c1CCC(=O)N1CCNCC1c1ccccc1Cl.Cl. The molecule has 1 atom stereocenters. The first kappa shape index (κ1) is 23.0. The minimum absolute atomic E-state index is 0. The number of benzene rings is 1. The van der Waals surface area contributed by atoms with Gasteiger partial charge in [-0.25, -0.2) is 0 Å². The molecule has 3 rings (SSSR count). The molecule has 0 spiro atoms. The second kappa shape index (κ2) is 9.93. The van der Waals surface area contributed by atoms with E-state index in [0.29, 0.717) is 42.2 Å². The largest absolute Gasteiger partial charge is 0.333 e. The minimum atomic E-state index is -0.381. The number of nitriles is 1. The zero-order chi connectivity index (χ0) is 20.3. The zero-order valence-corrected chi connectivity index (χ0v) is 18.0. The van der Waals surface area contributed by atoms with Crippen LogP contribution in [0.5, 0.6) is 0 Å². The van der Waals surface area contributed by atoms with Crippen LogP contribution in [0.4, 0.5) is 0 Å². The Labute approximate surface area is 181 Å². The molecule has 1 saturated heterocycles. The van der Waals surface area contributed by atoms with Crippen LogP contribution in [0.2, 0.25) is 5.02 Å². The van der Waals surface area contributed by atoms with Crippen LogP contribution in [0.1, 0.15) is 40.4 Å². The smallest absolute Gasteiger partial charge is 0.266 e. The first-order chi connectivity index (χ1) is 13.4. The van der Waals surface area contributed by atoms with E-state index in [1.54, 1.807) is 13.8 Å². The van der Waals surface area contributed by atoms with Gasteiger partial charge in [0, 0.05) is 36.8 Å². The van der Waals surface area contributed by atoms with Crippen LogP contribution in [0.3, 0.4) is 0 Å². The lowest BCUT2D eigenvalue weighted by Crippen LogP contribution is -2.48. The van der Waals surface area contributed by atoms with E-state index in [1.165, 1.54) is 0 Å². The number of hydrogen-bond acceptors (Lipinski definition) is 4. The molecule has 8 heteroatoms. The Bertz CT molecular complexity index is 997. The van der Waals surface area contributed by atoms with Gasteiger partial charge in [0.15, 0.2) is 0 Å². The average molecular weight is 435 g/mol. The average Bonchev–Trinajstić information content (AvgIpc) is 2.68. The number of nitrogens with zero attached hydrogens (tertiary/aromatic N) is 2. The van der Waals surface area contributed by atoms with Gasteiger partial charge in [-0.05, 0) is 43.0 Å². The van der Waals surface area contributed by atoms with E-state index >= 15 is 0 Å². The molecule has 29 heavy (non-hydrogen) atoms. The van der Waals surface area contributed by atoms with Crippen molar-refractivity contribution in [3.8, 4) is 6.07 Å². The van der Waals surface area contributed by atoms with Crippen molar-refractivity contribution in [2.45, 2.75) is 32.7 Å². The number of hydrogen-bond donors (Lipinski definition) is 2. The van der Waals surface area contributed by atoms with Crippen LogP contribution < -0.4 is 10.9 Å². The maximum Gasteiger partial charge on any atom is 0.266 e. The summed E-state index contributed by atoms with van der Waals surface area (Å²) in [5, 5.41) is 13.2. The van der Waals surface area contributed by atoms with Crippen LogP contribution in [-0.4, -0.2) is 35.4 Å². The second-order valence-electron chi connectivity index (χ2n) is 7.00. The molecule has 1 aliphatic rings. The molecule has 1 aromatic carbocycles. The van der Waals surface area contributed by atoms with Crippen LogP contribution in [0.15, 0.2) is 29.1 Å². The normalized spacial score (nSPS) is 16.1. The summed E-state index contributed by atoms with van der Waals surface area (Å²) in [5.74, 6) is 0.0370. The van der Waals surface area contributed by atoms with E-state index in [4.69, 9.17) is 11.6 Å². The number of carbonyl (C=O) groups is 1. The standard InChI is InChI=1S/C21H23ClN4O2.ClH/c1-13-15(14(2)25-21(28)17(13)11-23)7-8-20(27)26-10-9-24-12-19(26)16-5-3-4-6-18(16)22;/h3-6,19,24H,7-10,12H2,1-2H3,(H,25,28);1H. The number of nitrogens with one attached hydrogen (secondary N) is 2. The van der Waals surface area contributed by atoms with Crippen LogP contribution >= 0.6 is 24.0 Å². The Morgan fingerprint density at radius 1 is 1.34 bits per heavy atom. The van der Waals surface area contributed by atoms with Gasteiger partial charge in [0.25, 0.3) is 5.56 Å². The molecule has 0 saturated carbocycles. The molecule has 0 bridgehead atoms. The summed E-state index contributed by atoms with van der Waals surface area (Å²) in [5.41, 5.74) is 2.89. The highest BCUT2D eigenvalue weighted by Crippen LogP contribution is 2.29. The quantitative estimate of drug-likeness (QED) is 0.773. The van der Waals surface area contributed by atoms with E-state index in [-0.39, 0.29) is 35.5 Å². The third-order valence-electron chi connectivity index (χ3n) is 5.34. The number of aryl methyl sites for hydroxylation is 1. The summed E-state index contributed by atoms with van der Waals surface area (Å²) in [6, 6.07) is 9.44. The van der Waals surface area contributed by atoms with Gasteiger partial charge in [0.2, 0.25) is 5.91 Å². The van der Waals surface area contributed by atoms with Crippen molar-refractivity contribution in [3.63, 3.8) is 0 Å². The third-order valence-corrected chi connectivity index (χ3v) is 5.68. The number of aromatic nitrogens is 1. The van der Waals surface area contributed by atoms with E-state index < -0.39 is 0 Å². The van der Waals surface area contributed by atoms with E-state index in [1.807, 2.05) is 35.2 Å². The molecule has 0 aliphatic carbocycles. The molecule has 2 aromatic rings. The Balaban J connectivity index is 0.00000300. The molecule has 1 fully saturated rings. The molecule has 154 valence electrons. The maximum absolute atomic E-state index is 13.0. The van der Waals surface area contributed by atoms with Gasteiger partial charge in [-0.1, -0.05) is 29.8 Å². The number of pyridine rings is 1. The zero-order valence-electron chi connectivity index (χ0n) is 16.4. The minimum Gasteiger partial charge on any atom is -0.333 e. The maximum atomic E-state index is 13.0. The highest BCUT2D eigenvalue weighted by atomic mass is 35.5. The predicted molar refractivity (Wildman–Crippen MR) is 116 cm³/mol. The predicted octanol–water partition coefficient (Wildman–Crippen LogP) is 3.04. The Kier molecular flexibility index (Phi) is 7.86. The fraction of sp³-hybridized carbons (Fsp3) is 0.381. The summed E-state index contributed by atoms with van der Waals surface area (Å²) in [4.78, 5) is 29.5. The third kappa shape index (κ3) is 4.81. The molecule has 1 aliphatic heterocycles. The van der Waals surface area contributed by atoms with Gasteiger partial charge in [-0.3, -0.25) is 9.59 Å². The van der Waals surface area contributed by atoms with Crippen molar-refractivity contribution < 1.29 is 4.79 Å². The lowest BCUT2D eigenvalue weighted by molar-refractivity contribution is -0.134.